The van der Waals surface area contributed by atoms with Crippen LogP contribution in [0, 0.1) is 6.92 Å². The van der Waals surface area contributed by atoms with Crippen molar-refractivity contribution in [3.8, 4) is 5.75 Å². The fraction of sp³-hybridized carbons (Fsp3) is 0.364. The summed E-state index contributed by atoms with van der Waals surface area (Å²) in [6.45, 7) is 3.04. The van der Waals surface area contributed by atoms with Crippen molar-refractivity contribution in [2.75, 3.05) is 13.1 Å². The summed E-state index contributed by atoms with van der Waals surface area (Å²) >= 11 is 0. The van der Waals surface area contributed by atoms with Gasteiger partial charge in [0.25, 0.3) is 5.91 Å². The van der Waals surface area contributed by atoms with Crippen LogP contribution in [0.25, 0.3) is 0 Å². The first-order valence-electron chi connectivity index (χ1n) is 4.92. The third-order valence-corrected chi connectivity index (χ3v) is 2.58. The zero-order valence-electron chi connectivity index (χ0n) is 8.60. The van der Waals surface area contributed by atoms with Crippen LogP contribution in [0.2, 0.25) is 0 Å². The molecule has 0 atom stereocenters. The highest BCUT2D eigenvalue weighted by atomic mass is 16.3. The van der Waals surface area contributed by atoms with Gasteiger partial charge < -0.3 is 15.7 Å². The standard InChI is InChI=1S/C11H14N2O2/c1-7-2-3-10(14)9(4-7)11(15)13-5-8(12)6-13/h2-4,8,14H,5-6,12H2,1H3. The zero-order chi connectivity index (χ0) is 11.0. The van der Waals surface area contributed by atoms with Crippen LogP contribution in [0.3, 0.4) is 0 Å². The number of aryl methyl sites for hydroxylation is 1. The molecule has 1 aromatic carbocycles. The molecule has 4 heteroatoms. The van der Waals surface area contributed by atoms with Gasteiger partial charge in [0.15, 0.2) is 0 Å². The van der Waals surface area contributed by atoms with Crippen molar-refractivity contribution < 1.29 is 9.90 Å². The van der Waals surface area contributed by atoms with Crippen molar-refractivity contribution in [3.05, 3.63) is 29.3 Å². The van der Waals surface area contributed by atoms with E-state index in [9.17, 15) is 9.90 Å². The normalized spacial score (nSPS) is 16.3. The number of rotatable bonds is 1. The minimum atomic E-state index is -0.141. The molecule has 0 saturated carbocycles. The maximum atomic E-state index is 11.9. The number of nitrogens with two attached hydrogens (primary N) is 1. The van der Waals surface area contributed by atoms with Gasteiger partial charge in [-0.3, -0.25) is 4.79 Å². The lowest BCUT2D eigenvalue weighted by molar-refractivity contribution is 0.0605. The van der Waals surface area contributed by atoms with Gasteiger partial charge in [0.1, 0.15) is 5.75 Å². The van der Waals surface area contributed by atoms with Crippen LogP contribution < -0.4 is 5.73 Å². The molecule has 4 nitrogen and oxygen atoms in total. The number of carbonyl (C=O) groups excluding carboxylic acids is 1. The summed E-state index contributed by atoms with van der Waals surface area (Å²) in [5.41, 5.74) is 6.92. The van der Waals surface area contributed by atoms with Crippen molar-refractivity contribution in [2.45, 2.75) is 13.0 Å². The molecule has 1 aromatic rings. The molecule has 1 aliphatic heterocycles. The van der Waals surface area contributed by atoms with Gasteiger partial charge in [-0.05, 0) is 19.1 Å². The van der Waals surface area contributed by atoms with E-state index in [0.29, 0.717) is 18.7 Å². The van der Waals surface area contributed by atoms with Crippen molar-refractivity contribution in [3.63, 3.8) is 0 Å². The second-order valence-electron chi connectivity index (χ2n) is 3.99. The predicted molar refractivity (Wildman–Crippen MR) is 56.7 cm³/mol. The second kappa shape index (κ2) is 3.55. The van der Waals surface area contributed by atoms with Crippen LogP contribution in [0.5, 0.6) is 5.75 Å². The number of carbonyl (C=O) groups is 1. The van der Waals surface area contributed by atoms with Gasteiger partial charge in [0.2, 0.25) is 0 Å². The number of likely N-dealkylation sites (tertiary alicyclic amines) is 1. The molecular formula is C11H14N2O2. The number of phenolic OH excluding ortho intramolecular Hbond substituents is 1. The van der Waals surface area contributed by atoms with E-state index in [-0.39, 0.29) is 17.7 Å². The molecule has 1 amide bonds. The Balaban J connectivity index is 2.22. The summed E-state index contributed by atoms with van der Waals surface area (Å²) in [5, 5.41) is 9.56. The number of nitrogens with zero attached hydrogens (tertiary/aromatic N) is 1. The van der Waals surface area contributed by atoms with Crippen LogP contribution in [-0.2, 0) is 0 Å². The van der Waals surface area contributed by atoms with Gasteiger partial charge >= 0.3 is 0 Å². The van der Waals surface area contributed by atoms with Crippen LogP contribution >= 0.6 is 0 Å². The average Bonchev–Trinajstić information content (AvgIpc) is 2.16. The molecule has 1 saturated heterocycles. The zero-order valence-corrected chi connectivity index (χ0v) is 8.60. The molecule has 2 rings (SSSR count). The second-order valence-corrected chi connectivity index (χ2v) is 3.99. The van der Waals surface area contributed by atoms with Crippen molar-refractivity contribution >= 4 is 5.91 Å². The quantitative estimate of drug-likeness (QED) is 0.702. The lowest BCUT2D eigenvalue weighted by Gasteiger charge is -2.37. The Labute approximate surface area is 88.3 Å². The van der Waals surface area contributed by atoms with E-state index in [0.717, 1.165) is 5.56 Å². The summed E-state index contributed by atoms with van der Waals surface area (Å²) in [4.78, 5) is 13.5. The van der Waals surface area contributed by atoms with Gasteiger partial charge in [-0.25, -0.2) is 0 Å². The molecule has 0 bridgehead atoms. The smallest absolute Gasteiger partial charge is 0.257 e. The number of benzene rings is 1. The van der Waals surface area contributed by atoms with Crippen LogP contribution in [-0.4, -0.2) is 35.0 Å². The van der Waals surface area contributed by atoms with E-state index in [1.165, 1.54) is 0 Å². The molecule has 0 aliphatic carbocycles. The monoisotopic (exact) mass is 206 g/mol. The third-order valence-electron chi connectivity index (χ3n) is 2.58. The molecule has 0 radical (unpaired) electrons. The molecule has 1 heterocycles. The Kier molecular flexibility index (Phi) is 2.36. The first-order valence-corrected chi connectivity index (χ1v) is 4.92. The maximum absolute atomic E-state index is 11.9. The average molecular weight is 206 g/mol. The highest BCUT2D eigenvalue weighted by Crippen LogP contribution is 2.22. The Bertz CT molecular complexity index is 398. The maximum Gasteiger partial charge on any atom is 0.257 e. The molecule has 1 aliphatic rings. The number of amides is 1. The Morgan fingerprint density at radius 1 is 1.53 bits per heavy atom. The van der Waals surface area contributed by atoms with E-state index in [2.05, 4.69) is 0 Å². The molecular weight excluding hydrogens is 192 g/mol. The lowest BCUT2D eigenvalue weighted by atomic mass is 10.1. The Hall–Kier alpha value is -1.55. The largest absolute Gasteiger partial charge is 0.507 e. The Morgan fingerprint density at radius 3 is 2.80 bits per heavy atom. The number of phenols is 1. The predicted octanol–water partition coefficient (Wildman–Crippen LogP) is 0.484. The summed E-state index contributed by atoms with van der Waals surface area (Å²) in [6, 6.07) is 5.10. The fourth-order valence-electron chi connectivity index (χ4n) is 1.67. The van der Waals surface area contributed by atoms with Crippen LogP contribution in [0.15, 0.2) is 18.2 Å². The Morgan fingerprint density at radius 2 is 2.20 bits per heavy atom. The van der Waals surface area contributed by atoms with E-state index in [1.807, 2.05) is 6.92 Å². The highest BCUT2D eigenvalue weighted by Gasteiger charge is 2.29. The van der Waals surface area contributed by atoms with E-state index >= 15 is 0 Å². The molecule has 1 fully saturated rings. The minimum absolute atomic E-state index is 0.0334. The molecule has 3 N–H and O–H groups in total. The molecule has 0 spiro atoms. The molecule has 0 aromatic heterocycles. The van der Waals surface area contributed by atoms with E-state index in [4.69, 9.17) is 5.73 Å². The molecule has 15 heavy (non-hydrogen) atoms. The third kappa shape index (κ3) is 1.80. The van der Waals surface area contributed by atoms with E-state index in [1.54, 1.807) is 23.1 Å². The van der Waals surface area contributed by atoms with Crippen LogP contribution in [0.1, 0.15) is 15.9 Å². The van der Waals surface area contributed by atoms with Crippen LogP contribution in [0.4, 0.5) is 0 Å². The summed E-state index contributed by atoms with van der Waals surface area (Å²) in [7, 11) is 0. The minimum Gasteiger partial charge on any atom is -0.507 e. The number of hydrogen-bond donors (Lipinski definition) is 2. The van der Waals surface area contributed by atoms with Gasteiger partial charge in [0.05, 0.1) is 5.56 Å². The lowest BCUT2D eigenvalue weighted by Crippen LogP contribution is -2.57. The summed E-state index contributed by atoms with van der Waals surface area (Å²) < 4.78 is 0. The SMILES string of the molecule is Cc1ccc(O)c(C(=O)N2CC(N)C2)c1. The van der Waals surface area contributed by atoms with Gasteiger partial charge in [-0.2, -0.15) is 0 Å². The number of hydrogen-bond acceptors (Lipinski definition) is 3. The molecule has 80 valence electrons. The fourth-order valence-corrected chi connectivity index (χ4v) is 1.67. The van der Waals surface area contributed by atoms with Gasteiger partial charge in [0, 0.05) is 19.1 Å². The van der Waals surface area contributed by atoms with Gasteiger partial charge in [-0.15, -0.1) is 0 Å². The number of aromatic hydroxyl groups is 1. The first kappa shape index (κ1) is 9.98. The van der Waals surface area contributed by atoms with Crippen molar-refractivity contribution in [1.29, 1.82) is 0 Å². The summed E-state index contributed by atoms with van der Waals surface area (Å²) in [6.07, 6.45) is 0. The topological polar surface area (TPSA) is 66.6 Å². The van der Waals surface area contributed by atoms with Crippen molar-refractivity contribution in [1.82, 2.24) is 4.90 Å². The first-order chi connectivity index (χ1) is 7.08. The highest BCUT2D eigenvalue weighted by molar-refractivity contribution is 5.97. The molecule has 0 unspecified atom stereocenters. The summed E-state index contributed by atoms with van der Waals surface area (Å²) in [5.74, 6) is -0.107. The van der Waals surface area contributed by atoms with E-state index < -0.39 is 0 Å². The van der Waals surface area contributed by atoms with Crippen molar-refractivity contribution in [2.24, 2.45) is 5.73 Å². The van der Waals surface area contributed by atoms with Gasteiger partial charge in [-0.1, -0.05) is 11.6 Å².